The zero-order valence-electron chi connectivity index (χ0n) is 15.0. The minimum Gasteiger partial charge on any atom is -0.377 e. The first-order chi connectivity index (χ1) is 12.8. The van der Waals surface area contributed by atoms with Crippen molar-refractivity contribution in [1.82, 2.24) is 0 Å². The molecule has 1 fully saturated rings. The number of nitro groups is 1. The van der Waals surface area contributed by atoms with Crippen molar-refractivity contribution < 1.29 is 18.1 Å². The zero-order valence-corrected chi connectivity index (χ0v) is 15.8. The largest absolute Gasteiger partial charge is 0.377 e. The smallest absolute Gasteiger partial charge is 0.270 e. The third-order valence-electron chi connectivity index (χ3n) is 4.42. The van der Waals surface area contributed by atoms with Gasteiger partial charge in [0.1, 0.15) is 0 Å². The molecule has 1 aliphatic heterocycles. The zero-order chi connectivity index (χ0) is 19.6. The van der Waals surface area contributed by atoms with Gasteiger partial charge in [0.15, 0.2) is 0 Å². The molecule has 0 bridgehead atoms. The Morgan fingerprint density at radius 1 is 1.11 bits per heavy atom. The van der Waals surface area contributed by atoms with Gasteiger partial charge in [-0.15, -0.1) is 0 Å². The second kappa shape index (κ2) is 7.53. The molecule has 8 nitrogen and oxygen atoms in total. The highest BCUT2D eigenvalue weighted by molar-refractivity contribution is 7.92. The molecule has 2 unspecified atom stereocenters. The number of nitro benzene ring substituents is 1. The maximum atomic E-state index is 12.5. The number of rotatable bonds is 5. The maximum Gasteiger partial charge on any atom is 0.270 e. The van der Waals surface area contributed by atoms with Crippen LogP contribution < -0.4 is 9.62 Å². The van der Waals surface area contributed by atoms with E-state index in [9.17, 15) is 18.5 Å². The fourth-order valence-electron chi connectivity index (χ4n) is 3.19. The quantitative estimate of drug-likeness (QED) is 0.621. The summed E-state index contributed by atoms with van der Waals surface area (Å²) in [7, 11) is -3.92. The van der Waals surface area contributed by atoms with Crippen LogP contribution in [0.5, 0.6) is 0 Å². The number of hydrogen-bond acceptors (Lipinski definition) is 6. The lowest BCUT2D eigenvalue weighted by Gasteiger charge is -2.40. The topological polar surface area (TPSA) is 102 Å². The van der Waals surface area contributed by atoms with Gasteiger partial charge >= 0.3 is 0 Å². The molecule has 1 aliphatic rings. The van der Waals surface area contributed by atoms with E-state index in [2.05, 4.69) is 23.5 Å². The van der Waals surface area contributed by atoms with Crippen molar-refractivity contribution in [2.24, 2.45) is 0 Å². The van der Waals surface area contributed by atoms with Gasteiger partial charge in [-0.1, -0.05) is 6.07 Å². The van der Waals surface area contributed by atoms with Crippen molar-refractivity contribution >= 4 is 27.1 Å². The molecule has 0 aliphatic carbocycles. The summed E-state index contributed by atoms with van der Waals surface area (Å²) in [4.78, 5) is 12.3. The lowest BCUT2D eigenvalue weighted by Crippen LogP contribution is -2.49. The Kier molecular flexibility index (Phi) is 5.33. The summed E-state index contributed by atoms with van der Waals surface area (Å²) in [5.74, 6) is 0. The third-order valence-corrected chi connectivity index (χ3v) is 5.80. The molecule has 144 valence electrons. The summed E-state index contributed by atoms with van der Waals surface area (Å²) in [6.45, 7) is 5.44. The number of sulfonamides is 1. The fourth-order valence-corrected chi connectivity index (χ4v) is 4.29. The van der Waals surface area contributed by atoms with Crippen LogP contribution in [-0.4, -0.2) is 38.6 Å². The number of non-ortho nitro benzene ring substituents is 1. The molecule has 1 saturated heterocycles. The van der Waals surface area contributed by atoms with Gasteiger partial charge in [0.25, 0.3) is 15.7 Å². The molecule has 0 saturated carbocycles. The second-order valence-corrected chi connectivity index (χ2v) is 8.23. The van der Waals surface area contributed by atoms with Crippen molar-refractivity contribution in [3.05, 3.63) is 58.6 Å². The Labute approximate surface area is 158 Å². The van der Waals surface area contributed by atoms with E-state index in [4.69, 9.17) is 4.74 Å². The average molecular weight is 391 g/mol. The first-order valence-corrected chi connectivity index (χ1v) is 9.99. The van der Waals surface area contributed by atoms with Crippen LogP contribution >= 0.6 is 0 Å². The third kappa shape index (κ3) is 4.20. The predicted octanol–water partition coefficient (Wildman–Crippen LogP) is 3.01. The van der Waals surface area contributed by atoms with Gasteiger partial charge in [-0.2, -0.15) is 0 Å². The summed E-state index contributed by atoms with van der Waals surface area (Å²) in [5.41, 5.74) is 1.10. The normalized spacial score (nSPS) is 20.3. The van der Waals surface area contributed by atoms with E-state index in [0.717, 1.165) is 11.8 Å². The fraction of sp³-hybridized carbons (Fsp3) is 0.333. The van der Waals surface area contributed by atoms with Gasteiger partial charge in [0.05, 0.1) is 23.0 Å². The molecule has 3 rings (SSSR count). The van der Waals surface area contributed by atoms with Gasteiger partial charge in [-0.25, -0.2) is 8.42 Å². The highest BCUT2D eigenvalue weighted by Gasteiger charge is 2.25. The van der Waals surface area contributed by atoms with Crippen LogP contribution in [0.25, 0.3) is 0 Å². The van der Waals surface area contributed by atoms with Crippen molar-refractivity contribution in [2.75, 3.05) is 22.8 Å². The van der Waals surface area contributed by atoms with Gasteiger partial charge in [0.2, 0.25) is 0 Å². The van der Waals surface area contributed by atoms with E-state index in [1.54, 1.807) is 12.1 Å². The van der Waals surface area contributed by atoms with Crippen molar-refractivity contribution in [1.29, 1.82) is 0 Å². The van der Waals surface area contributed by atoms with Gasteiger partial charge < -0.3 is 9.64 Å². The average Bonchev–Trinajstić information content (AvgIpc) is 2.63. The Morgan fingerprint density at radius 2 is 1.74 bits per heavy atom. The Balaban J connectivity index is 1.79. The number of ether oxygens (including phenoxy) is 1. The van der Waals surface area contributed by atoms with Crippen LogP contribution in [0, 0.1) is 10.1 Å². The summed E-state index contributed by atoms with van der Waals surface area (Å²) >= 11 is 0. The van der Waals surface area contributed by atoms with E-state index < -0.39 is 14.9 Å². The van der Waals surface area contributed by atoms with Crippen LogP contribution in [0.4, 0.5) is 17.1 Å². The lowest BCUT2D eigenvalue weighted by molar-refractivity contribution is -0.385. The Bertz CT molecular complexity index is 920. The van der Waals surface area contributed by atoms with Crippen LogP contribution in [0.1, 0.15) is 13.8 Å². The summed E-state index contributed by atoms with van der Waals surface area (Å²) in [5, 5.41) is 10.9. The van der Waals surface area contributed by atoms with E-state index >= 15 is 0 Å². The SMILES string of the molecule is CC1COCC(C)N1c1ccc(NS(=O)(=O)c2cccc([N+](=O)[O-])c2)cc1. The molecule has 2 aromatic rings. The van der Waals surface area contributed by atoms with Gasteiger partial charge in [-0.3, -0.25) is 14.8 Å². The number of benzene rings is 2. The monoisotopic (exact) mass is 391 g/mol. The van der Waals surface area contributed by atoms with Crippen LogP contribution in [0.3, 0.4) is 0 Å². The first-order valence-electron chi connectivity index (χ1n) is 8.51. The molecule has 2 aromatic carbocycles. The summed E-state index contributed by atoms with van der Waals surface area (Å²) < 4.78 is 33.0. The summed E-state index contributed by atoms with van der Waals surface area (Å²) in [6.07, 6.45) is 0. The molecule has 1 N–H and O–H groups in total. The van der Waals surface area contributed by atoms with Gasteiger partial charge in [-0.05, 0) is 44.2 Å². The highest BCUT2D eigenvalue weighted by Crippen LogP contribution is 2.26. The van der Waals surface area contributed by atoms with Gasteiger partial charge in [0, 0.05) is 35.6 Å². The molecule has 0 amide bonds. The Hall–Kier alpha value is -2.65. The first kappa shape index (κ1) is 19.1. The van der Waals surface area contributed by atoms with E-state index in [1.807, 2.05) is 12.1 Å². The highest BCUT2D eigenvalue weighted by atomic mass is 32.2. The number of anilines is 2. The lowest BCUT2D eigenvalue weighted by atomic mass is 10.1. The molecule has 0 aromatic heterocycles. The number of morpholine rings is 1. The molecule has 27 heavy (non-hydrogen) atoms. The molecular weight excluding hydrogens is 370 g/mol. The predicted molar refractivity (Wildman–Crippen MR) is 103 cm³/mol. The minimum atomic E-state index is -3.92. The van der Waals surface area contributed by atoms with Crippen molar-refractivity contribution in [3.8, 4) is 0 Å². The van der Waals surface area contributed by atoms with E-state index in [-0.39, 0.29) is 22.7 Å². The van der Waals surface area contributed by atoms with Crippen LogP contribution in [0.15, 0.2) is 53.4 Å². The molecule has 9 heteroatoms. The van der Waals surface area contributed by atoms with Crippen LogP contribution in [-0.2, 0) is 14.8 Å². The molecule has 0 spiro atoms. The maximum absolute atomic E-state index is 12.5. The van der Waals surface area contributed by atoms with Crippen molar-refractivity contribution in [3.63, 3.8) is 0 Å². The molecule has 1 heterocycles. The van der Waals surface area contributed by atoms with E-state index in [0.29, 0.717) is 18.9 Å². The number of nitrogens with one attached hydrogen (secondary N) is 1. The molecular formula is C18H21N3O5S. The standard InChI is InChI=1S/C18H21N3O5S/c1-13-11-26-12-14(2)20(13)16-8-6-15(7-9-16)19-27(24,25)18-5-3-4-17(10-18)21(22)23/h3-10,13-14,19H,11-12H2,1-2H3. The number of hydrogen-bond donors (Lipinski definition) is 1. The summed E-state index contributed by atoms with van der Waals surface area (Å²) in [6, 6.07) is 12.5. The van der Waals surface area contributed by atoms with Crippen LogP contribution in [0.2, 0.25) is 0 Å². The Morgan fingerprint density at radius 3 is 2.33 bits per heavy atom. The second-order valence-electron chi connectivity index (χ2n) is 6.55. The number of nitrogens with zero attached hydrogens (tertiary/aromatic N) is 2. The molecule has 2 atom stereocenters. The minimum absolute atomic E-state index is 0.156. The van der Waals surface area contributed by atoms with Crippen molar-refractivity contribution in [2.45, 2.75) is 30.8 Å². The van der Waals surface area contributed by atoms with E-state index in [1.165, 1.54) is 18.2 Å². The molecule has 0 radical (unpaired) electrons.